The van der Waals surface area contributed by atoms with Gasteiger partial charge in [-0.1, -0.05) is 19.1 Å². The number of rotatable bonds is 7. The zero-order valence-electron chi connectivity index (χ0n) is 9.13. The predicted molar refractivity (Wildman–Crippen MR) is 59.2 cm³/mol. The molecule has 0 heterocycles. The summed E-state index contributed by atoms with van der Waals surface area (Å²) in [6.07, 6.45) is 1.05. The van der Waals surface area contributed by atoms with Crippen LogP contribution >= 0.6 is 0 Å². The quantitative estimate of drug-likeness (QED) is 0.699. The van der Waals surface area contributed by atoms with Crippen LogP contribution in [0.25, 0.3) is 0 Å². The first-order valence-electron chi connectivity index (χ1n) is 5.36. The van der Waals surface area contributed by atoms with Gasteiger partial charge in [-0.2, -0.15) is 0 Å². The van der Waals surface area contributed by atoms with Crippen molar-refractivity contribution in [3.05, 3.63) is 35.6 Å². The number of ether oxygens (including phenoxy) is 1. The van der Waals surface area contributed by atoms with E-state index in [0.29, 0.717) is 0 Å². The maximum absolute atomic E-state index is 12.6. The van der Waals surface area contributed by atoms with Gasteiger partial charge in [-0.25, -0.2) is 4.39 Å². The summed E-state index contributed by atoms with van der Waals surface area (Å²) in [6.45, 7) is 5.23. The van der Waals surface area contributed by atoms with Gasteiger partial charge in [0.2, 0.25) is 0 Å². The van der Waals surface area contributed by atoms with Crippen molar-refractivity contribution in [3.63, 3.8) is 0 Å². The van der Waals surface area contributed by atoms with Crippen molar-refractivity contribution in [2.75, 3.05) is 19.8 Å². The van der Waals surface area contributed by atoms with Crippen molar-refractivity contribution >= 4 is 0 Å². The Balaban J connectivity index is 2.07. The molecule has 0 atom stereocenters. The number of nitrogens with one attached hydrogen (secondary N) is 1. The lowest BCUT2D eigenvalue weighted by Gasteiger charge is -2.05. The molecule has 0 aliphatic carbocycles. The molecule has 1 aromatic rings. The molecule has 0 saturated carbocycles. The van der Waals surface area contributed by atoms with Gasteiger partial charge >= 0.3 is 0 Å². The van der Waals surface area contributed by atoms with Gasteiger partial charge in [-0.05, 0) is 24.1 Å². The topological polar surface area (TPSA) is 21.3 Å². The van der Waals surface area contributed by atoms with Crippen LogP contribution in [0, 0.1) is 5.82 Å². The van der Waals surface area contributed by atoms with E-state index in [9.17, 15) is 4.39 Å². The summed E-state index contributed by atoms with van der Waals surface area (Å²) in [5.41, 5.74) is 1.09. The van der Waals surface area contributed by atoms with Crippen molar-refractivity contribution in [2.45, 2.75) is 19.9 Å². The fourth-order valence-electron chi connectivity index (χ4n) is 1.23. The zero-order valence-corrected chi connectivity index (χ0v) is 9.13. The molecule has 0 saturated heterocycles. The molecule has 0 aromatic heterocycles. The van der Waals surface area contributed by atoms with Crippen LogP contribution < -0.4 is 5.32 Å². The highest BCUT2D eigenvalue weighted by Gasteiger charge is 1.93. The summed E-state index contributed by atoms with van der Waals surface area (Å²) < 4.78 is 17.9. The van der Waals surface area contributed by atoms with Gasteiger partial charge in [-0.15, -0.1) is 0 Å². The highest BCUT2D eigenvalue weighted by molar-refractivity contribution is 5.15. The minimum atomic E-state index is -0.190. The maximum atomic E-state index is 12.6. The normalized spacial score (nSPS) is 10.5. The lowest BCUT2D eigenvalue weighted by molar-refractivity contribution is 0.136. The smallest absolute Gasteiger partial charge is 0.123 e. The summed E-state index contributed by atoms with van der Waals surface area (Å²) in [6, 6.07) is 6.53. The summed E-state index contributed by atoms with van der Waals surface area (Å²) in [4.78, 5) is 0. The van der Waals surface area contributed by atoms with Crippen molar-refractivity contribution < 1.29 is 9.13 Å². The molecule has 0 radical (unpaired) electrons. The SMILES string of the molecule is CCCOCCNCc1ccc(F)cc1. The Kier molecular flexibility index (Phi) is 5.97. The van der Waals surface area contributed by atoms with Gasteiger partial charge < -0.3 is 10.1 Å². The zero-order chi connectivity index (χ0) is 10.9. The lowest BCUT2D eigenvalue weighted by Crippen LogP contribution is -2.19. The molecule has 0 aliphatic heterocycles. The highest BCUT2D eigenvalue weighted by Crippen LogP contribution is 2.01. The van der Waals surface area contributed by atoms with E-state index >= 15 is 0 Å². The third-order valence-corrected chi connectivity index (χ3v) is 2.01. The molecule has 1 rings (SSSR count). The third kappa shape index (κ3) is 5.50. The Bertz CT molecular complexity index is 261. The highest BCUT2D eigenvalue weighted by atomic mass is 19.1. The Hall–Kier alpha value is -0.930. The fraction of sp³-hybridized carbons (Fsp3) is 0.500. The van der Waals surface area contributed by atoms with Crippen molar-refractivity contribution in [1.82, 2.24) is 5.32 Å². The summed E-state index contributed by atoms with van der Waals surface area (Å²) >= 11 is 0. The van der Waals surface area contributed by atoms with Crippen LogP contribution in [0.4, 0.5) is 4.39 Å². The molecule has 2 nitrogen and oxygen atoms in total. The van der Waals surface area contributed by atoms with Gasteiger partial charge in [-0.3, -0.25) is 0 Å². The molecule has 1 aromatic carbocycles. The molecule has 0 unspecified atom stereocenters. The molecule has 84 valence electrons. The molecule has 15 heavy (non-hydrogen) atoms. The number of benzene rings is 1. The maximum Gasteiger partial charge on any atom is 0.123 e. The van der Waals surface area contributed by atoms with E-state index in [1.807, 2.05) is 0 Å². The first-order chi connectivity index (χ1) is 7.33. The molecule has 0 bridgehead atoms. The van der Waals surface area contributed by atoms with E-state index in [1.54, 1.807) is 12.1 Å². The average Bonchev–Trinajstić information content (AvgIpc) is 2.26. The van der Waals surface area contributed by atoms with E-state index < -0.39 is 0 Å². The Morgan fingerprint density at radius 1 is 1.20 bits per heavy atom. The summed E-state index contributed by atoms with van der Waals surface area (Å²) in [5.74, 6) is -0.190. The van der Waals surface area contributed by atoms with Crippen LogP contribution in [0.2, 0.25) is 0 Å². The molecule has 3 heteroatoms. The molecule has 0 amide bonds. The first kappa shape index (κ1) is 12.1. The molecular formula is C12H18FNO. The van der Waals surface area contributed by atoms with Crippen LogP contribution in [-0.2, 0) is 11.3 Å². The Morgan fingerprint density at radius 3 is 2.60 bits per heavy atom. The van der Waals surface area contributed by atoms with Crippen LogP contribution in [0.1, 0.15) is 18.9 Å². The fourth-order valence-corrected chi connectivity index (χ4v) is 1.23. The summed E-state index contributed by atoms with van der Waals surface area (Å²) in [7, 11) is 0. The summed E-state index contributed by atoms with van der Waals surface area (Å²) in [5, 5.41) is 3.23. The number of halogens is 1. The lowest BCUT2D eigenvalue weighted by atomic mass is 10.2. The molecule has 0 fully saturated rings. The third-order valence-electron chi connectivity index (χ3n) is 2.01. The molecule has 0 spiro atoms. The van der Waals surface area contributed by atoms with Gasteiger partial charge in [0.05, 0.1) is 6.61 Å². The second kappa shape index (κ2) is 7.37. The van der Waals surface area contributed by atoms with Crippen molar-refractivity contribution in [3.8, 4) is 0 Å². The van der Waals surface area contributed by atoms with Gasteiger partial charge in [0, 0.05) is 19.7 Å². The average molecular weight is 211 g/mol. The van der Waals surface area contributed by atoms with Crippen LogP contribution in [0.3, 0.4) is 0 Å². The molecule has 0 aliphatic rings. The first-order valence-corrected chi connectivity index (χ1v) is 5.36. The van der Waals surface area contributed by atoms with Crippen molar-refractivity contribution in [2.24, 2.45) is 0 Å². The van der Waals surface area contributed by atoms with Gasteiger partial charge in [0.25, 0.3) is 0 Å². The van der Waals surface area contributed by atoms with E-state index in [1.165, 1.54) is 12.1 Å². The Morgan fingerprint density at radius 2 is 1.93 bits per heavy atom. The predicted octanol–water partition coefficient (Wildman–Crippen LogP) is 2.34. The number of hydrogen-bond acceptors (Lipinski definition) is 2. The van der Waals surface area contributed by atoms with Crippen LogP contribution in [0.5, 0.6) is 0 Å². The minimum Gasteiger partial charge on any atom is -0.380 e. The van der Waals surface area contributed by atoms with E-state index in [0.717, 1.165) is 38.3 Å². The molecule has 1 N–H and O–H groups in total. The minimum absolute atomic E-state index is 0.190. The van der Waals surface area contributed by atoms with Crippen LogP contribution in [-0.4, -0.2) is 19.8 Å². The molecular weight excluding hydrogens is 193 g/mol. The largest absolute Gasteiger partial charge is 0.380 e. The second-order valence-corrected chi connectivity index (χ2v) is 3.42. The van der Waals surface area contributed by atoms with E-state index in [2.05, 4.69) is 12.2 Å². The van der Waals surface area contributed by atoms with Crippen molar-refractivity contribution in [1.29, 1.82) is 0 Å². The van der Waals surface area contributed by atoms with Crippen LogP contribution in [0.15, 0.2) is 24.3 Å². The monoisotopic (exact) mass is 211 g/mol. The van der Waals surface area contributed by atoms with E-state index in [4.69, 9.17) is 4.74 Å². The van der Waals surface area contributed by atoms with Gasteiger partial charge in [0.15, 0.2) is 0 Å². The van der Waals surface area contributed by atoms with E-state index in [-0.39, 0.29) is 5.82 Å². The number of hydrogen-bond donors (Lipinski definition) is 1. The standard InChI is InChI=1S/C12H18FNO/c1-2-8-15-9-7-14-10-11-3-5-12(13)6-4-11/h3-6,14H,2,7-10H2,1H3. The van der Waals surface area contributed by atoms with Gasteiger partial charge in [0.1, 0.15) is 5.82 Å². The second-order valence-electron chi connectivity index (χ2n) is 3.42. The Labute approximate surface area is 90.4 Å².